The van der Waals surface area contributed by atoms with E-state index in [0.29, 0.717) is 11.5 Å². The number of halogens is 2. The van der Waals surface area contributed by atoms with E-state index in [9.17, 15) is 4.79 Å². The van der Waals surface area contributed by atoms with Gasteiger partial charge in [-0.25, -0.2) is 5.84 Å². The quantitative estimate of drug-likeness (QED) is 0.556. The highest BCUT2D eigenvalue weighted by atomic mass is 79.9. The van der Waals surface area contributed by atoms with Gasteiger partial charge in [0.15, 0.2) is 11.5 Å². The monoisotopic (exact) mass is 385 g/mol. The molecule has 0 radical (unpaired) electrons. The fraction of sp³-hybridized carbons (Fsp3) is 0. The number of hydrogen-bond acceptors (Lipinski definition) is 5. The molecule has 98 valence electrons. The standard InChI is InChI=1S/C11H9Br2N5O/c12-6-2-1-3-7(13)10(6)15-11(19)8-4-5-9(16-14)18-17-8/h1-5H,14H2,(H,15,19)(H,16,18). The van der Waals surface area contributed by atoms with E-state index in [1.54, 1.807) is 6.07 Å². The lowest BCUT2D eigenvalue weighted by Gasteiger charge is -2.08. The summed E-state index contributed by atoms with van der Waals surface area (Å²) in [5.41, 5.74) is 3.17. The van der Waals surface area contributed by atoms with E-state index in [4.69, 9.17) is 5.84 Å². The molecule has 0 aliphatic heterocycles. The van der Waals surface area contributed by atoms with Gasteiger partial charge in [0.1, 0.15) is 0 Å². The van der Waals surface area contributed by atoms with Crippen LogP contribution in [0.4, 0.5) is 11.5 Å². The van der Waals surface area contributed by atoms with E-state index in [0.717, 1.165) is 8.95 Å². The number of aromatic nitrogens is 2. The predicted molar refractivity (Wildman–Crippen MR) is 79.6 cm³/mol. The minimum absolute atomic E-state index is 0.196. The van der Waals surface area contributed by atoms with Crippen LogP contribution in [0, 0.1) is 0 Å². The summed E-state index contributed by atoms with van der Waals surface area (Å²) in [4.78, 5) is 12.0. The summed E-state index contributed by atoms with van der Waals surface area (Å²) in [6, 6.07) is 8.60. The number of carbonyl (C=O) groups is 1. The van der Waals surface area contributed by atoms with Gasteiger partial charge in [0.05, 0.1) is 5.69 Å². The summed E-state index contributed by atoms with van der Waals surface area (Å²) >= 11 is 6.73. The molecule has 0 saturated carbocycles. The molecule has 0 aliphatic rings. The highest BCUT2D eigenvalue weighted by Gasteiger charge is 2.12. The first-order valence-corrected chi connectivity index (χ1v) is 6.76. The van der Waals surface area contributed by atoms with E-state index >= 15 is 0 Å². The van der Waals surface area contributed by atoms with Crippen LogP contribution in [0.25, 0.3) is 0 Å². The summed E-state index contributed by atoms with van der Waals surface area (Å²) in [5.74, 6) is 5.20. The molecule has 2 rings (SSSR count). The number of para-hydroxylation sites is 1. The van der Waals surface area contributed by atoms with Crippen molar-refractivity contribution in [2.45, 2.75) is 0 Å². The Morgan fingerprint density at radius 1 is 1.11 bits per heavy atom. The number of hydrogen-bond donors (Lipinski definition) is 3. The van der Waals surface area contributed by atoms with Gasteiger partial charge in [-0.15, -0.1) is 10.2 Å². The van der Waals surface area contributed by atoms with Crippen LogP contribution in [0.2, 0.25) is 0 Å². The number of nitrogen functional groups attached to an aromatic ring is 1. The van der Waals surface area contributed by atoms with E-state index < -0.39 is 0 Å². The molecule has 4 N–H and O–H groups in total. The van der Waals surface area contributed by atoms with E-state index in [1.807, 2.05) is 18.2 Å². The molecule has 0 atom stereocenters. The summed E-state index contributed by atoms with van der Waals surface area (Å²) in [5, 5.41) is 10.2. The average molecular weight is 387 g/mol. The lowest BCUT2D eigenvalue weighted by molar-refractivity contribution is 0.102. The maximum Gasteiger partial charge on any atom is 0.276 e. The molecule has 1 aromatic carbocycles. The van der Waals surface area contributed by atoms with Gasteiger partial charge < -0.3 is 10.7 Å². The van der Waals surface area contributed by atoms with Gasteiger partial charge in [-0.2, -0.15) is 0 Å². The van der Waals surface area contributed by atoms with Crippen LogP contribution in [-0.2, 0) is 0 Å². The average Bonchev–Trinajstić information content (AvgIpc) is 2.43. The molecular formula is C11H9Br2N5O. The molecule has 6 nitrogen and oxygen atoms in total. The second-order valence-corrected chi connectivity index (χ2v) is 5.21. The van der Waals surface area contributed by atoms with Crippen LogP contribution in [0.1, 0.15) is 10.5 Å². The predicted octanol–water partition coefficient (Wildman–Crippen LogP) is 2.54. The summed E-state index contributed by atoms with van der Waals surface area (Å²) in [7, 11) is 0. The number of benzene rings is 1. The van der Waals surface area contributed by atoms with E-state index in [2.05, 4.69) is 52.8 Å². The lowest BCUT2D eigenvalue weighted by Crippen LogP contribution is -2.16. The molecular weight excluding hydrogens is 378 g/mol. The van der Waals surface area contributed by atoms with E-state index in [1.165, 1.54) is 6.07 Å². The minimum atomic E-state index is -0.358. The number of rotatable bonds is 3. The summed E-state index contributed by atoms with van der Waals surface area (Å²) in [6.45, 7) is 0. The first kappa shape index (κ1) is 13.9. The van der Waals surface area contributed by atoms with Crippen molar-refractivity contribution >= 4 is 49.3 Å². The summed E-state index contributed by atoms with van der Waals surface area (Å²) in [6.07, 6.45) is 0. The Bertz CT molecular complexity index is 582. The van der Waals surface area contributed by atoms with Gasteiger partial charge in [-0.05, 0) is 56.1 Å². The van der Waals surface area contributed by atoms with Crippen molar-refractivity contribution in [1.29, 1.82) is 0 Å². The number of hydrazine groups is 1. The van der Waals surface area contributed by atoms with Crippen LogP contribution < -0.4 is 16.6 Å². The van der Waals surface area contributed by atoms with Crippen molar-refractivity contribution in [2.24, 2.45) is 5.84 Å². The topological polar surface area (TPSA) is 92.9 Å². The third kappa shape index (κ3) is 3.28. The van der Waals surface area contributed by atoms with Crippen LogP contribution in [0.15, 0.2) is 39.3 Å². The number of nitrogens with one attached hydrogen (secondary N) is 2. The van der Waals surface area contributed by atoms with Crippen LogP contribution in [0.3, 0.4) is 0 Å². The summed E-state index contributed by atoms with van der Waals surface area (Å²) < 4.78 is 1.53. The zero-order valence-electron chi connectivity index (χ0n) is 9.52. The van der Waals surface area contributed by atoms with Crippen LogP contribution in [0.5, 0.6) is 0 Å². The second kappa shape index (κ2) is 6.09. The maximum absolute atomic E-state index is 12.0. The Labute approximate surface area is 126 Å². The van der Waals surface area contributed by atoms with Crippen LogP contribution in [-0.4, -0.2) is 16.1 Å². The van der Waals surface area contributed by atoms with Gasteiger partial charge in [-0.3, -0.25) is 4.79 Å². The normalized spacial score (nSPS) is 10.1. The molecule has 0 saturated heterocycles. The molecule has 1 amide bonds. The molecule has 0 unspecified atom stereocenters. The number of anilines is 2. The number of carbonyl (C=O) groups excluding carboxylic acids is 1. The van der Waals surface area contributed by atoms with Crippen molar-refractivity contribution in [3.63, 3.8) is 0 Å². The SMILES string of the molecule is NNc1ccc(C(=O)Nc2c(Br)cccc2Br)nn1. The molecule has 1 heterocycles. The Balaban J connectivity index is 2.20. The Hall–Kier alpha value is -1.51. The van der Waals surface area contributed by atoms with Crippen molar-refractivity contribution in [3.05, 3.63) is 45.0 Å². The number of nitrogens with zero attached hydrogens (tertiary/aromatic N) is 2. The molecule has 0 spiro atoms. The van der Waals surface area contributed by atoms with E-state index in [-0.39, 0.29) is 11.6 Å². The maximum atomic E-state index is 12.0. The zero-order chi connectivity index (χ0) is 13.8. The Kier molecular flexibility index (Phi) is 4.46. The fourth-order valence-corrected chi connectivity index (χ4v) is 2.52. The molecule has 0 bridgehead atoms. The van der Waals surface area contributed by atoms with Crippen molar-refractivity contribution < 1.29 is 4.79 Å². The smallest absolute Gasteiger partial charge is 0.276 e. The molecule has 19 heavy (non-hydrogen) atoms. The zero-order valence-corrected chi connectivity index (χ0v) is 12.7. The third-order valence-electron chi connectivity index (χ3n) is 2.25. The Morgan fingerprint density at radius 2 is 1.79 bits per heavy atom. The fourth-order valence-electron chi connectivity index (χ4n) is 1.33. The molecule has 1 aromatic heterocycles. The highest BCUT2D eigenvalue weighted by Crippen LogP contribution is 2.30. The molecule has 2 aromatic rings. The number of nitrogens with two attached hydrogens (primary N) is 1. The Morgan fingerprint density at radius 3 is 2.32 bits per heavy atom. The lowest BCUT2D eigenvalue weighted by atomic mass is 10.3. The van der Waals surface area contributed by atoms with Crippen LogP contribution >= 0.6 is 31.9 Å². The first-order chi connectivity index (χ1) is 9.11. The largest absolute Gasteiger partial charge is 0.319 e. The van der Waals surface area contributed by atoms with Crippen molar-refractivity contribution in [3.8, 4) is 0 Å². The molecule has 8 heteroatoms. The van der Waals surface area contributed by atoms with Gasteiger partial charge in [0.25, 0.3) is 5.91 Å². The first-order valence-electron chi connectivity index (χ1n) is 5.17. The van der Waals surface area contributed by atoms with Gasteiger partial charge in [0, 0.05) is 8.95 Å². The van der Waals surface area contributed by atoms with Gasteiger partial charge >= 0.3 is 0 Å². The molecule has 0 fully saturated rings. The second-order valence-electron chi connectivity index (χ2n) is 3.50. The third-order valence-corrected chi connectivity index (χ3v) is 3.57. The van der Waals surface area contributed by atoms with Gasteiger partial charge in [-0.1, -0.05) is 6.07 Å². The number of amides is 1. The highest BCUT2D eigenvalue weighted by molar-refractivity contribution is 9.11. The van der Waals surface area contributed by atoms with Gasteiger partial charge in [0.2, 0.25) is 0 Å². The van der Waals surface area contributed by atoms with Crippen molar-refractivity contribution in [1.82, 2.24) is 10.2 Å². The minimum Gasteiger partial charge on any atom is -0.319 e. The van der Waals surface area contributed by atoms with Crippen molar-refractivity contribution in [2.75, 3.05) is 10.7 Å². The molecule has 0 aliphatic carbocycles.